The minimum absolute atomic E-state index is 0.466. The molecule has 0 unspecified atom stereocenters. The molecule has 3 aromatic heterocycles. The molecule has 3 aromatic rings. The molecular formula is C21H30N6O. The Balaban J connectivity index is 1.19. The van der Waals surface area contributed by atoms with Crippen LogP contribution in [-0.2, 0) is 0 Å². The van der Waals surface area contributed by atoms with Crippen molar-refractivity contribution < 1.29 is 5.11 Å². The quantitative estimate of drug-likeness (QED) is 0.630. The lowest BCUT2D eigenvalue weighted by Crippen LogP contribution is -2.43. The van der Waals surface area contributed by atoms with Crippen LogP contribution in [0, 0.1) is 5.92 Å². The molecule has 2 fully saturated rings. The van der Waals surface area contributed by atoms with E-state index in [0.29, 0.717) is 11.8 Å². The van der Waals surface area contributed by atoms with E-state index in [1.54, 1.807) is 6.33 Å². The molecule has 0 spiro atoms. The highest BCUT2D eigenvalue weighted by Gasteiger charge is 2.30. The summed E-state index contributed by atoms with van der Waals surface area (Å²) in [5.74, 6) is 1.16. The van der Waals surface area contributed by atoms with Gasteiger partial charge in [-0.25, -0.2) is 9.50 Å². The van der Waals surface area contributed by atoms with E-state index in [1.807, 2.05) is 10.7 Å². The Hall–Kier alpha value is -1.99. The normalized spacial score (nSPS) is 25.5. The fourth-order valence-corrected chi connectivity index (χ4v) is 5.23. The first-order valence-corrected chi connectivity index (χ1v) is 10.8. The number of nitrogens with zero attached hydrogens (tertiary/aromatic N) is 4. The first-order valence-electron chi connectivity index (χ1n) is 10.8. The fraction of sp³-hybridized carbons (Fsp3) is 0.667. The Morgan fingerprint density at radius 1 is 1.18 bits per heavy atom. The number of aliphatic hydroxyl groups is 1. The van der Waals surface area contributed by atoms with Gasteiger partial charge in [0.15, 0.2) is 0 Å². The van der Waals surface area contributed by atoms with Crippen LogP contribution in [0.5, 0.6) is 0 Å². The largest absolute Gasteiger partial charge is 0.389 e. The van der Waals surface area contributed by atoms with Crippen molar-refractivity contribution in [1.29, 1.82) is 0 Å². The Morgan fingerprint density at radius 2 is 2.00 bits per heavy atom. The number of fused-ring (bicyclic) bond motifs is 3. The van der Waals surface area contributed by atoms with Crippen molar-refractivity contribution >= 4 is 16.6 Å². The van der Waals surface area contributed by atoms with Crippen LogP contribution < -0.4 is 5.32 Å². The zero-order chi connectivity index (χ0) is 19.0. The van der Waals surface area contributed by atoms with Gasteiger partial charge in [0.05, 0.1) is 11.3 Å². The van der Waals surface area contributed by atoms with Crippen LogP contribution in [-0.4, -0.2) is 48.6 Å². The van der Waals surface area contributed by atoms with Crippen LogP contribution in [0.25, 0.3) is 16.6 Å². The minimum Gasteiger partial charge on any atom is -0.389 e. The smallest absolute Gasteiger partial charge is 0.141 e. The van der Waals surface area contributed by atoms with Crippen molar-refractivity contribution in [1.82, 2.24) is 30.1 Å². The summed E-state index contributed by atoms with van der Waals surface area (Å²) in [5.41, 5.74) is 2.66. The monoisotopic (exact) mass is 382 g/mol. The summed E-state index contributed by atoms with van der Waals surface area (Å²) >= 11 is 0. The first-order chi connectivity index (χ1) is 13.7. The maximum absolute atomic E-state index is 10.6. The van der Waals surface area contributed by atoms with Gasteiger partial charge in [0, 0.05) is 24.0 Å². The van der Waals surface area contributed by atoms with Crippen LogP contribution in [0.4, 0.5) is 0 Å². The zero-order valence-corrected chi connectivity index (χ0v) is 16.4. The van der Waals surface area contributed by atoms with Crippen LogP contribution in [0.15, 0.2) is 18.6 Å². The third kappa shape index (κ3) is 3.42. The highest BCUT2D eigenvalue weighted by Crippen LogP contribution is 2.37. The molecule has 0 radical (unpaired) electrons. The molecule has 0 saturated heterocycles. The molecule has 5 rings (SSSR count). The van der Waals surface area contributed by atoms with Gasteiger partial charge in [0.1, 0.15) is 17.5 Å². The molecule has 7 heteroatoms. The van der Waals surface area contributed by atoms with Crippen LogP contribution in [0.1, 0.15) is 69.4 Å². The van der Waals surface area contributed by atoms with E-state index in [1.165, 1.54) is 32.1 Å². The van der Waals surface area contributed by atoms with Crippen molar-refractivity contribution in [2.75, 3.05) is 13.1 Å². The van der Waals surface area contributed by atoms with Crippen LogP contribution >= 0.6 is 0 Å². The number of hydrogen-bond donors (Lipinski definition) is 3. The number of aromatic amines is 1. The van der Waals surface area contributed by atoms with Crippen LogP contribution in [0.3, 0.4) is 0 Å². The molecule has 0 atom stereocenters. The molecule has 0 bridgehead atoms. The van der Waals surface area contributed by atoms with Gasteiger partial charge >= 0.3 is 0 Å². The first kappa shape index (κ1) is 18.1. The van der Waals surface area contributed by atoms with Gasteiger partial charge in [-0.05, 0) is 57.1 Å². The molecule has 7 nitrogen and oxygen atoms in total. The van der Waals surface area contributed by atoms with Gasteiger partial charge < -0.3 is 15.4 Å². The number of aromatic nitrogens is 5. The fourth-order valence-electron chi connectivity index (χ4n) is 5.23. The molecule has 2 saturated carbocycles. The molecule has 2 aliphatic rings. The molecule has 0 aliphatic heterocycles. The van der Waals surface area contributed by atoms with E-state index in [9.17, 15) is 5.11 Å². The topological polar surface area (TPSA) is 91.1 Å². The molecule has 0 amide bonds. The zero-order valence-electron chi connectivity index (χ0n) is 16.4. The van der Waals surface area contributed by atoms with Gasteiger partial charge in [-0.15, -0.1) is 5.10 Å². The summed E-state index contributed by atoms with van der Waals surface area (Å²) in [5, 5.41) is 24.1. The van der Waals surface area contributed by atoms with Crippen molar-refractivity contribution in [2.24, 2.45) is 5.92 Å². The maximum Gasteiger partial charge on any atom is 0.141 e. The summed E-state index contributed by atoms with van der Waals surface area (Å²) in [6, 6.07) is 2.07. The lowest BCUT2D eigenvalue weighted by molar-refractivity contribution is 0.00399. The second-order valence-electron chi connectivity index (χ2n) is 8.89. The van der Waals surface area contributed by atoms with Crippen molar-refractivity contribution in [3.05, 3.63) is 24.3 Å². The third-order valence-corrected chi connectivity index (χ3v) is 6.90. The predicted octanol–water partition coefficient (Wildman–Crippen LogP) is 3.16. The van der Waals surface area contributed by atoms with Crippen LogP contribution in [0.2, 0.25) is 0 Å². The number of rotatable bonds is 5. The Bertz CT molecular complexity index is 933. The second-order valence-corrected chi connectivity index (χ2v) is 8.89. The van der Waals surface area contributed by atoms with E-state index >= 15 is 0 Å². The number of nitrogens with one attached hydrogen (secondary N) is 2. The maximum atomic E-state index is 10.6. The molecular weight excluding hydrogens is 352 g/mol. The van der Waals surface area contributed by atoms with Crippen molar-refractivity contribution in [3.8, 4) is 0 Å². The Kier molecular flexibility index (Phi) is 4.80. The SMILES string of the molecule is OC1(CNCC2CCC(c3nnn4cnc5[nH]ccc5c34)CC2)CCCCC1. The van der Waals surface area contributed by atoms with Gasteiger partial charge in [-0.3, -0.25) is 0 Å². The van der Waals surface area contributed by atoms with E-state index in [4.69, 9.17) is 0 Å². The molecule has 0 aromatic carbocycles. The molecule has 150 valence electrons. The second kappa shape index (κ2) is 7.44. The number of hydrogen-bond acceptors (Lipinski definition) is 5. The van der Waals surface area contributed by atoms with Crippen molar-refractivity contribution in [2.45, 2.75) is 69.3 Å². The van der Waals surface area contributed by atoms with Gasteiger partial charge in [0.2, 0.25) is 0 Å². The van der Waals surface area contributed by atoms with E-state index in [0.717, 1.165) is 61.0 Å². The minimum atomic E-state index is -0.466. The highest BCUT2D eigenvalue weighted by atomic mass is 16.3. The predicted molar refractivity (Wildman–Crippen MR) is 108 cm³/mol. The summed E-state index contributed by atoms with van der Waals surface area (Å²) in [7, 11) is 0. The standard InChI is InChI=1S/C21H30N6O/c28-21(9-2-1-3-10-21)13-22-12-15-4-6-16(7-5-15)18-19-17-8-11-23-20(17)24-14-27(19)26-25-18/h8,11,14-16,22-23,28H,1-7,9-10,12-13H2. The van der Waals surface area contributed by atoms with E-state index < -0.39 is 5.60 Å². The average molecular weight is 383 g/mol. The molecule has 2 aliphatic carbocycles. The average Bonchev–Trinajstić information content (AvgIpc) is 3.35. The Labute approximate surface area is 164 Å². The molecule has 3 N–H and O–H groups in total. The molecule has 3 heterocycles. The van der Waals surface area contributed by atoms with Gasteiger partial charge in [-0.2, -0.15) is 0 Å². The molecule has 28 heavy (non-hydrogen) atoms. The van der Waals surface area contributed by atoms with Gasteiger partial charge in [0.25, 0.3) is 0 Å². The summed E-state index contributed by atoms with van der Waals surface area (Å²) in [6.07, 6.45) is 13.9. The highest BCUT2D eigenvalue weighted by molar-refractivity contribution is 5.92. The van der Waals surface area contributed by atoms with Crippen molar-refractivity contribution in [3.63, 3.8) is 0 Å². The van der Waals surface area contributed by atoms with E-state index in [2.05, 4.69) is 31.7 Å². The Morgan fingerprint density at radius 3 is 2.82 bits per heavy atom. The summed E-state index contributed by atoms with van der Waals surface area (Å²) < 4.78 is 1.81. The lowest BCUT2D eigenvalue weighted by atomic mass is 9.80. The summed E-state index contributed by atoms with van der Waals surface area (Å²) in [4.78, 5) is 7.58. The van der Waals surface area contributed by atoms with E-state index in [-0.39, 0.29) is 0 Å². The number of H-pyrrole nitrogens is 1. The lowest BCUT2D eigenvalue weighted by Gasteiger charge is -2.33. The van der Waals surface area contributed by atoms with Gasteiger partial charge in [-0.1, -0.05) is 24.5 Å². The third-order valence-electron chi connectivity index (χ3n) is 6.90. The summed E-state index contributed by atoms with van der Waals surface area (Å²) in [6.45, 7) is 1.77.